The molecule has 48 heavy (non-hydrogen) atoms. The Hall–Kier alpha value is -4.26. The molecule has 0 saturated heterocycles. The highest BCUT2D eigenvalue weighted by atomic mass is 79.9. The number of unbranched alkanes of at least 4 members (excludes halogenated alkanes) is 5. The van der Waals surface area contributed by atoms with Crippen LogP contribution in [-0.4, -0.2) is 12.5 Å². The maximum absolute atomic E-state index is 13.5. The van der Waals surface area contributed by atoms with Crippen molar-refractivity contribution in [3.05, 3.63) is 140 Å². The van der Waals surface area contributed by atoms with Crippen LogP contribution in [0.4, 0.5) is 22.7 Å². The maximum atomic E-state index is 13.5. The highest BCUT2D eigenvalue weighted by molar-refractivity contribution is 9.10. The third-order valence-electron chi connectivity index (χ3n) is 9.35. The van der Waals surface area contributed by atoms with Gasteiger partial charge in [0.2, 0.25) is 0 Å². The topological polar surface area (TPSA) is 50.8 Å². The number of benzene rings is 5. The number of ether oxygens (including phenoxy) is 2. The summed E-state index contributed by atoms with van der Waals surface area (Å²) < 4.78 is 14.3. The maximum Gasteiger partial charge on any atom is 0.340 e. The number of carbonyl (C=O) groups excluding carboxylic acids is 1. The quantitative estimate of drug-likeness (QED) is 0.109. The summed E-state index contributed by atoms with van der Waals surface area (Å²) >= 11 is 10.2. The fraction of sp³-hybridized carbons (Fsp3) is 0.244. The van der Waals surface area contributed by atoms with Gasteiger partial charge in [0.1, 0.15) is 11.5 Å². The molecular weight excluding hydrogens is 684 g/mol. The van der Waals surface area contributed by atoms with Gasteiger partial charge in [-0.25, -0.2) is 4.79 Å². The summed E-state index contributed by atoms with van der Waals surface area (Å²) in [7, 11) is 0. The molecule has 2 aliphatic heterocycles. The van der Waals surface area contributed by atoms with Crippen molar-refractivity contribution in [1.82, 2.24) is 0 Å². The van der Waals surface area contributed by atoms with Crippen molar-refractivity contribution in [2.24, 2.45) is 0 Å². The minimum absolute atomic E-state index is 0.353. The van der Waals surface area contributed by atoms with Crippen LogP contribution in [-0.2, 0) is 10.3 Å². The van der Waals surface area contributed by atoms with Crippen LogP contribution >= 0.6 is 27.5 Å². The predicted octanol–water partition coefficient (Wildman–Crippen LogP) is 12.2. The Labute approximate surface area is 296 Å². The molecule has 0 aliphatic carbocycles. The Bertz CT molecular complexity index is 2000. The number of aryl methyl sites for hydroxylation is 1. The van der Waals surface area contributed by atoms with E-state index in [1.54, 1.807) is 0 Å². The standard InChI is InChI=1S/C41H38BrClN2O3/c1-3-4-5-6-7-12-22-45(29-15-13-14-28(42)24-29)30-20-21-33-39(25-30)47-38-23-27(2)37(44-36-19-11-10-18-35(36)43)26-34(38)41(33)32-17-9-8-16-31(32)40(46)48-41/h8-11,13-21,23-26,44H,3-7,12,22H2,1-2H3. The average molecular weight is 722 g/mol. The van der Waals surface area contributed by atoms with Crippen LogP contribution in [0, 0.1) is 6.92 Å². The molecule has 0 saturated carbocycles. The minimum Gasteiger partial charge on any atom is -0.456 e. The number of nitrogens with zero attached hydrogens (tertiary/aromatic N) is 1. The number of rotatable bonds is 11. The van der Waals surface area contributed by atoms with Crippen molar-refractivity contribution in [1.29, 1.82) is 0 Å². The van der Waals surface area contributed by atoms with Crippen LogP contribution in [0.15, 0.2) is 108 Å². The molecule has 1 spiro atoms. The summed E-state index contributed by atoms with van der Waals surface area (Å²) in [5.74, 6) is 0.962. The van der Waals surface area contributed by atoms with E-state index in [-0.39, 0.29) is 5.97 Å². The van der Waals surface area contributed by atoms with Crippen molar-refractivity contribution >= 4 is 56.2 Å². The van der Waals surface area contributed by atoms with E-state index in [4.69, 9.17) is 21.1 Å². The van der Waals surface area contributed by atoms with Gasteiger partial charge in [-0.15, -0.1) is 0 Å². The van der Waals surface area contributed by atoms with E-state index in [0.29, 0.717) is 22.1 Å². The summed E-state index contributed by atoms with van der Waals surface area (Å²) in [5, 5.41) is 4.12. The molecule has 0 bridgehead atoms. The molecule has 244 valence electrons. The third kappa shape index (κ3) is 5.97. The molecule has 5 nitrogen and oxygen atoms in total. The number of carbonyl (C=O) groups is 1. The number of hydrogen-bond acceptors (Lipinski definition) is 5. The van der Waals surface area contributed by atoms with Crippen LogP contribution < -0.4 is 15.0 Å². The lowest BCUT2D eigenvalue weighted by Gasteiger charge is -2.38. The fourth-order valence-corrected chi connectivity index (χ4v) is 7.49. The van der Waals surface area contributed by atoms with Gasteiger partial charge in [0.25, 0.3) is 0 Å². The number of nitrogens with one attached hydrogen (secondary N) is 1. The second-order valence-corrected chi connectivity index (χ2v) is 13.9. The second kappa shape index (κ2) is 13.7. The van der Waals surface area contributed by atoms with Crippen molar-refractivity contribution in [2.75, 3.05) is 16.8 Å². The molecule has 5 aromatic rings. The van der Waals surface area contributed by atoms with Gasteiger partial charge in [0.15, 0.2) is 5.60 Å². The Morgan fingerprint density at radius 3 is 2.33 bits per heavy atom. The van der Waals surface area contributed by atoms with Gasteiger partial charge in [0, 0.05) is 50.8 Å². The molecule has 1 atom stereocenters. The predicted molar refractivity (Wildman–Crippen MR) is 199 cm³/mol. The van der Waals surface area contributed by atoms with E-state index < -0.39 is 5.60 Å². The number of para-hydroxylation sites is 1. The monoisotopic (exact) mass is 720 g/mol. The molecule has 0 aromatic heterocycles. The van der Waals surface area contributed by atoms with Crippen LogP contribution in [0.2, 0.25) is 5.02 Å². The lowest BCUT2D eigenvalue weighted by molar-refractivity contribution is 0.0224. The summed E-state index contributed by atoms with van der Waals surface area (Å²) in [6.45, 7) is 5.15. The number of fused-ring (bicyclic) bond motifs is 6. The number of anilines is 4. The summed E-state index contributed by atoms with van der Waals surface area (Å²) in [6, 6.07) is 34.1. The van der Waals surface area contributed by atoms with E-state index in [1.165, 1.54) is 32.1 Å². The first-order chi connectivity index (χ1) is 23.4. The number of esters is 1. The Kier molecular flexibility index (Phi) is 9.21. The molecule has 5 aromatic carbocycles. The number of hydrogen-bond donors (Lipinski definition) is 1. The highest BCUT2D eigenvalue weighted by Gasteiger charge is 2.53. The Morgan fingerprint density at radius 2 is 1.50 bits per heavy atom. The average Bonchev–Trinajstić information content (AvgIpc) is 3.38. The van der Waals surface area contributed by atoms with Crippen LogP contribution in [0.5, 0.6) is 11.5 Å². The molecule has 7 rings (SSSR count). The van der Waals surface area contributed by atoms with Crippen LogP contribution in [0.3, 0.4) is 0 Å². The van der Waals surface area contributed by atoms with Gasteiger partial charge < -0.3 is 19.7 Å². The van der Waals surface area contributed by atoms with Gasteiger partial charge in [-0.3, -0.25) is 0 Å². The zero-order chi connectivity index (χ0) is 33.3. The van der Waals surface area contributed by atoms with E-state index in [9.17, 15) is 4.79 Å². The molecule has 0 radical (unpaired) electrons. The first-order valence-electron chi connectivity index (χ1n) is 16.7. The molecule has 7 heteroatoms. The lowest BCUT2D eigenvalue weighted by Crippen LogP contribution is -2.33. The Morgan fingerprint density at radius 1 is 0.750 bits per heavy atom. The van der Waals surface area contributed by atoms with Gasteiger partial charge >= 0.3 is 5.97 Å². The van der Waals surface area contributed by atoms with E-state index in [2.05, 4.69) is 69.5 Å². The van der Waals surface area contributed by atoms with Crippen molar-refractivity contribution in [3.8, 4) is 11.5 Å². The zero-order valence-electron chi connectivity index (χ0n) is 27.2. The Balaban J connectivity index is 1.33. The van der Waals surface area contributed by atoms with Crippen molar-refractivity contribution < 1.29 is 14.3 Å². The van der Waals surface area contributed by atoms with Crippen LogP contribution in [0.25, 0.3) is 0 Å². The van der Waals surface area contributed by atoms with E-state index in [1.807, 2.05) is 73.7 Å². The molecule has 2 aliphatic rings. The summed E-state index contributed by atoms with van der Waals surface area (Å²) in [5.41, 5.74) is 6.47. The van der Waals surface area contributed by atoms with Crippen molar-refractivity contribution in [3.63, 3.8) is 0 Å². The summed E-state index contributed by atoms with van der Waals surface area (Å²) in [4.78, 5) is 15.9. The zero-order valence-corrected chi connectivity index (χ0v) is 29.5. The minimum atomic E-state index is -1.18. The SMILES string of the molecule is CCCCCCCCN(c1cccc(Br)c1)c1ccc2c(c1)Oc1cc(C)c(Nc3ccccc3Cl)cc1C21OC(=O)c2ccccc21. The second-order valence-electron chi connectivity index (χ2n) is 12.6. The van der Waals surface area contributed by atoms with Crippen LogP contribution in [0.1, 0.15) is 78.1 Å². The first kappa shape index (κ1) is 32.3. The van der Waals surface area contributed by atoms with Gasteiger partial charge in [-0.2, -0.15) is 0 Å². The fourth-order valence-electron chi connectivity index (χ4n) is 6.92. The van der Waals surface area contributed by atoms with Gasteiger partial charge in [0.05, 0.1) is 16.3 Å². The molecule has 1 unspecified atom stereocenters. The van der Waals surface area contributed by atoms with Gasteiger partial charge in [-0.05, 0) is 79.6 Å². The smallest absolute Gasteiger partial charge is 0.340 e. The normalized spacial score (nSPS) is 15.7. The largest absolute Gasteiger partial charge is 0.456 e. The van der Waals surface area contributed by atoms with E-state index in [0.717, 1.165) is 62.4 Å². The molecule has 2 heterocycles. The van der Waals surface area contributed by atoms with E-state index >= 15 is 0 Å². The first-order valence-corrected chi connectivity index (χ1v) is 17.9. The van der Waals surface area contributed by atoms with Crippen molar-refractivity contribution in [2.45, 2.75) is 58.0 Å². The lowest BCUT2D eigenvalue weighted by atomic mass is 9.77. The molecule has 0 amide bonds. The highest BCUT2D eigenvalue weighted by Crippen LogP contribution is 2.57. The molecule has 1 N–H and O–H groups in total. The van der Waals surface area contributed by atoms with Gasteiger partial charge in [-0.1, -0.05) is 103 Å². The molecule has 0 fully saturated rings. The third-order valence-corrected chi connectivity index (χ3v) is 10.2. The number of halogens is 2. The molecular formula is C41H38BrClN2O3. The summed E-state index contributed by atoms with van der Waals surface area (Å²) in [6.07, 6.45) is 7.29.